The number of carbonyl (C=O) groups excluding carboxylic acids is 1. The van der Waals surface area contributed by atoms with Crippen LogP contribution in [0.2, 0.25) is 0 Å². The Balaban J connectivity index is 2.12. The molecule has 3 rings (SSSR count). The Bertz CT molecular complexity index is 691. The summed E-state index contributed by atoms with van der Waals surface area (Å²) in [6, 6.07) is 10.1. The van der Waals surface area contributed by atoms with Gasteiger partial charge in [-0.15, -0.1) is 0 Å². The maximum absolute atomic E-state index is 12.2. The molecule has 1 N–H and O–H groups in total. The lowest BCUT2D eigenvalue weighted by Crippen LogP contribution is -2.00. The zero-order valence-corrected chi connectivity index (χ0v) is 11.6. The van der Waals surface area contributed by atoms with Gasteiger partial charge in [-0.2, -0.15) is 0 Å². The summed E-state index contributed by atoms with van der Waals surface area (Å²) < 4.78 is 15.9. The van der Waals surface area contributed by atoms with Crippen LogP contribution >= 0.6 is 0 Å². The van der Waals surface area contributed by atoms with Gasteiger partial charge in [0.2, 0.25) is 0 Å². The molecule has 0 saturated carbocycles. The molecule has 1 aliphatic rings. The van der Waals surface area contributed by atoms with Gasteiger partial charge < -0.3 is 19.3 Å². The first-order chi connectivity index (χ1) is 10.2. The summed E-state index contributed by atoms with van der Waals surface area (Å²) in [5.74, 6) is 0.579. The largest absolute Gasteiger partial charge is 0.508 e. The van der Waals surface area contributed by atoms with Gasteiger partial charge in [0.05, 0.1) is 14.2 Å². The summed E-state index contributed by atoms with van der Waals surface area (Å²) in [7, 11) is 3.00. The summed E-state index contributed by atoms with van der Waals surface area (Å²) in [4.78, 5) is 12.2. The average molecular weight is 286 g/mol. The number of fused-ring (bicyclic) bond motifs is 1. The minimum atomic E-state index is -0.507. The summed E-state index contributed by atoms with van der Waals surface area (Å²) >= 11 is 0. The minimum Gasteiger partial charge on any atom is -0.508 e. The fraction of sp³-hybridized carbons (Fsp3) is 0.188. The Morgan fingerprint density at radius 2 is 1.76 bits per heavy atom. The second-order valence-corrected chi connectivity index (χ2v) is 4.64. The first kappa shape index (κ1) is 13.3. The highest BCUT2D eigenvalue weighted by Crippen LogP contribution is 2.44. The van der Waals surface area contributed by atoms with Crippen LogP contribution in [-0.4, -0.2) is 25.3 Å². The molecule has 0 radical (unpaired) electrons. The number of hydrogen-bond acceptors (Lipinski definition) is 5. The molecule has 5 heteroatoms. The van der Waals surface area contributed by atoms with Crippen molar-refractivity contribution in [3.05, 3.63) is 53.1 Å². The number of carbonyl (C=O) groups is 1. The van der Waals surface area contributed by atoms with Crippen LogP contribution in [0.3, 0.4) is 0 Å². The predicted octanol–water partition coefficient (Wildman–Crippen LogP) is 2.67. The number of benzene rings is 2. The van der Waals surface area contributed by atoms with Gasteiger partial charge in [-0.25, -0.2) is 4.79 Å². The number of phenols is 1. The summed E-state index contributed by atoms with van der Waals surface area (Å²) in [5, 5.41) is 9.35. The van der Waals surface area contributed by atoms with E-state index in [2.05, 4.69) is 0 Å². The maximum atomic E-state index is 12.2. The van der Waals surface area contributed by atoms with E-state index in [4.69, 9.17) is 14.2 Å². The van der Waals surface area contributed by atoms with Crippen LogP contribution in [0, 0.1) is 0 Å². The van der Waals surface area contributed by atoms with Crippen LogP contribution in [0.25, 0.3) is 0 Å². The highest BCUT2D eigenvalue weighted by atomic mass is 16.6. The van der Waals surface area contributed by atoms with E-state index in [-0.39, 0.29) is 5.75 Å². The molecule has 2 aromatic rings. The van der Waals surface area contributed by atoms with Crippen molar-refractivity contribution in [1.82, 2.24) is 0 Å². The Morgan fingerprint density at radius 1 is 1.05 bits per heavy atom. The van der Waals surface area contributed by atoms with Crippen molar-refractivity contribution < 1.29 is 24.1 Å². The first-order valence-electron chi connectivity index (χ1n) is 6.40. The molecule has 1 aliphatic heterocycles. The maximum Gasteiger partial charge on any atom is 0.343 e. The molecule has 0 bridgehead atoms. The van der Waals surface area contributed by atoms with Crippen LogP contribution in [0.4, 0.5) is 0 Å². The SMILES string of the molecule is COc1ccc2c(c1OC)C(=O)O[C@H]2c1ccc(O)cc1. The number of cyclic esters (lactones) is 1. The van der Waals surface area contributed by atoms with Gasteiger partial charge in [-0.1, -0.05) is 18.2 Å². The minimum absolute atomic E-state index is 0.163. The van der Waals surface area contributed by atoms with E-state index in [1.165, 1.54) is 14.2 Å². The van der Waals surface area contributed by atoms with Gasteiger partial charge in [0.15, 0.2) is 17.6 Å². The molecule has 0 aromatic heterocycles. The van der Waals surface area contributed by atoms with Crippen molar-refractivity contribution >= 4 is 5.97 Å². The average Bonchev–Trinajstić information content (AvgIpc) is 2.84. The molecule has 1 heterocycles. The van der Waals surface area contributed by atoms with Crippen LogP contribution < -0.4 is 9.47 Å². The number of hydrogen-bond donors (Lipinski definition) is 1. The highest BCUT2D eigenvalue weighted by Gasteiger charge is 2.36. The van der Waals surface area contributed by atoms with Crippen molar-refractivity contribution in [3.8, 4) is 17.2 Å². The Labute approximate surface area is 121 Å². The zero-order valence-electron chi connectivity index (χ0n) is 11.6. The highest BCUT2D eigenvalue weighted by molar-refractivity contribution is 5.98. The molecule has 0 aliphatic carbocycles. The zero-order chi connectivity index (χ0) is 15.0. The van der Waals surface area contributed by atoms with Crippen LogP contribution in [-0.2, 0) is 4.74 Å². The third kappa shape index (κ3) is 2.07. The summed E-state index contributed by atoms with van der Waals surface area (Å²) in [6.07, 6.45) is -0.507. The molecular formula is C16H14O5. The quantitative estimate of drug-likeness (QED) is 0.879. The van der Waals surface area contributed by atoms with Gasteiger partial charge in [0, 0.05) is 5.56 Å². The molecule has 0 unspecified atom stereocenters. The van der Waals surface area contributed by atoms with E-state index in [1.807, 2.05) is 0 Å². The van der Waals surface area contributed by atoms with Crippen molar-refractivity contribution in [2.75, 3.05) is 14.2 Å². The van der Waals surface area contributed by atoms with Crippen LogP contribution in [0.15, 0.2) is 36.4 Å². The molecule has 108 valence electrons. The molecule has 1 atom stereocenters. The molecule has 0 fully saturated rings. The first-order valence-corrected chi connectivity index (χ1v) is 6.40. The number of rotatable bonds is 3. The van der Waals surface area contributed by atoms with Crippen LogP contribution in [0.1, 0.15) is 27.6 Å². The molecular weight excluding hydrogens is 272 g/mol. The van der Waals surface area contributed by atoms with E-state index in [9.17, 15) is 9.90 Å². The Kier molecular flexibility index (Phi) is 3.17. The normalized spacial score (nSPS) is 16.3. The fourth-order valence-electron chi connectivity index (χ4n) is 2.50. The molecule has 2 aromatic carbocycles. The lowest BCUT2D eigenvalue weighted by molar-refractivity contribution is 0.0453. The smallest absolute Gasteiger partial charge is 0.343 e. The van der Waals surface area contributed by atoms with Crippen molar-refractivity contribution in [2.24, 2.45) is 0 Å². The third-order valence-corrected chi connectivity index (χ3v) is 3.49. The molecule has 0 amide bonds. The van der Waals surface area contributed by atoms with E-state index in [1.54, 1.807) is 36.4 Å². The van der Waals surface area contributed by atoms with Crippen molar-refractivity contribution in [1.29, 1.82) is 0 Å². The number of methoxy groups -OCH3 is 2. The van der Waals surface area contributed by atoms with E-state index in [0.29, 0.717) is 17.1 Å². The van der Waals surface area contributed by atoms with E-state index < -0.39 is 12.1 Å². The molecule has 0 saturated heterocycles. The van der Waals surface area contributed by atoms with Crippen molar-refractivity contribution in [3.63, 3.8) is 0 Å². The monoisotopic (exact) mass is 286 g/mol. The van der Waals surface area contributed by atoms with E-state index >= 15 is 0 Å². The van der Waals surface area contributed by atoms with Gasteiger partial charge >= 0.3 is 5.97 Å². The fourth-order valence-corrected chi connectivity index (χ4v) is 2.50. The lowest BCUT2D eigenvalue weighted by atomic mass is 9.98. The Hall–Kier alpha value is -2.69. The second-order valence-electron chi connectivity index (χ2n) is 4.64. The summed E-state index contributed by atoms with van der Waals surface area (Å²) in [5.41, 5.74) is 1.89. The summed E-state index contributed by atoms with van der Waals surface area (Å²) in [6.45, 7) is 0. The molecule has 5 nitrogen and oxygen atoms in total. The van der Waals surface area contributed by atoms with Crippen LogP contribution in [0.5, 0.6) is 17.2 Å². The van der Waals surface area contributed by atoms with Gasteiger partial charge in [-0.05, 0) is 23.8 Å². The Morgan fingerprint density at radius 3 is 2.38 bits per heavy atom. The van der Waals surface area contributed by atoms with E-state index in [0.717, 1.165) is 11.1 Å². The number of aromatic hydroxyl groups is 1. The number of ether oxygens (including phenoxy) is 3. The topological polar surface area (TPSA) is 65.0 Å². The lowest BCUT2D eigenvalue weighted by Gasteiger charge is -2.12. The van der Waals surface area contributed by atoms with Crippen molar-refractivity contribution in [2.45, 2.75) is 6.10 Å². The molecule has 21 heavy (non-hydrogen) atoms. The van der Waals surface area contributed by atoms with Gasteiger partial charge in [-0.3, -0.25) is 0 Å². The third-order valence-electron chi connectivity index (χ3n) is 3.49. The van der Waals surface area contributed by atoms with Gasteiger partial charge in [0.1, 0.15) is 11.3 Å². The predicted molar refractivity (Wildman–Crippen MR) is 74.9 cm³/mol. The second kappa shape index (κ2) is 5.01. The standard InChI is InChI=1S/C16H14O5/c1-19-12-8-7-11-13(15(12)20-2)16(18)21-14(11)9-3-5-10(17)6-4-9/h3-8,14,17H,1-2H3/t14-/m0/s1. The number of esters is 1. The van der Waals surface area contributed by atoms with Gasteiger partial charge in [0.25, 0.3) is 0 Å². The molecule has 0 spiro atoms. The number of phenolic OH excluding ortho intramolecular Hbond substituents is 1.